The molecule has 0 unspecified atom stereocenters. The molecule has 10 nitrogen and oxygen atoms in total. The van der Waals surface area contributed by atoms with Crippen LogP contribution in [0.1, 0.15) is 22.9 Å². The van der Waals surface area contributed by atoms with Gasteiger partial charge in [0.1, 0.15) is 29.2 Å². The molecule has 0 bridgehead atoms. The highest BCUT2D eigenvalue weighted by atomic mass is 32.1. The van der Waals surface area contributed by atoms with Gasteiger partial charge in [0.25, 0.3) is 0 Å². The first kappa shape index (κ1) is 24.2. The number of hydrogen-bond donors (Lipinski definition) is 1. The normalized spacial score (nSPS) is 15.5. The Kier molecular flexibility index (Phi) is 6.22. The molecule has 4 aromatic rings. The second kappa shape index (κ2) is 9.51. The van der Waals surface area contributed by atoms with Gasteiger partial charge in [0.15, 0.2) is 5.69 Å². The minimum absolute atomic E-state index is 0.0124. The number of nitrogens with zero attached hydrogens (tertiary/aromatic N) is 6. The van der Waals surface area contributed by atoms with Crippen LogP contribution in [0.4, 0.5) is 4.39 Å². The van der Waals surface area contributed by atoms with E-state index in [0.29, 0.717) is 29.3 Å². The summed E-state index contributed by atoms with van der Waals surface area (Å²) in [6.45, 7) is 6.29. The van der Waals surface area contributed by atoms with Crippen molar-refractivity contribution < 1.29 is 19.0 Å². The van der Waals surface area contributed by atoms with Crippen molar-refractivity contribution in [3.05, 3.63) is 81.3 Å². The monoisotopic (exact) mass is 520 g/mol. The Bertz CT molecular complexity index is 1650. The van der Waals surface area contributed by atoms with Crippen molar-refractivity contribution >= 4 is 23.0 Å². The summed E-state index contributed by atoms with van der Waals surface area (Å²) in [6, 6.07) is 5.97. The van der Waals surface area contributed by atoms with Crippen LogP contribution in [-0.2, 0) is 22.5 Å². The molecule has 1 aromatic carbocycles. The van der Waals surface area contributed by atoms with Crippen LogP contribution in [0.2, 0.25) is 0 Å². The van der Waals surface area contributed by atoms with Crippen LogP contribution in [0.5, 0.6) is 5.75 Å². The second-order valence-electron chi connectivity index (χ2n) is 8.67. The summed E-state index contributed by atoms with van der Waals surface area (Å²) in [7, 11) is 0. The summed E-state index contributed by atoms with van der Waals surface area (Å²) in [4.78, 5) is 36.9. The van der Waals surface area contributed by atoms with E-state index in [2.05, 4.69) is 16.5 Å². The van der Waals surface area contributed by atoms with Gasteiger partial charge in [-0.2, -0.15) is 5.26 Å². The van der Waals surface area contributed by atoms with E-state index < -0.39 is 17.1 Å². The summed E-state index contributed by atoms with van der Waals surface area (Å²) >= 11 is 1.19. The zero-order valence-electron chi connectivity index (χ0n) is 19.7. The molecule has 1 saturated heterocycles. The number of fused-ring (bicyclic) bond motifs is 1. The van der Waals surface area contributed by atoms with Gasteiger partial charge in [-0.05, 0) is 24.6 Å². The minimum atomic E-state index is -0.693. The molecule has 1 aliphatic rings. The van der Waals surface area contributed by atoms with Crippen LogP contribution >= 0.6 is 11.3 Å². The third-order valence-electron chi connectivity index (χ3n) is 5.91. The van der Waals surface area contributed by atoms with Crippen molar-refractivity contribution in [3.63, 3.8) is 0 Å². The number of hydrogen-bond acceptors (Lipinski definition) is 8. The number of carbonyl (C=O) groups excluding carboxylic acids is 1. The first-order valence-electron chi connectivity index (χ1n) is 11.3. The number of carbonyl (C=O) groups is 1. The number of halogens is 1. The molecule has 1 N–H and O–H groups in total. The SMILES string of the molecule is C=C1CN(C(=O)Cn2ccn3c(=O)c(O)c(-c4ncc(Cc5ccc(F)cc5C#N)s4)nc23)C[C@H](C)O1. The number of amides is 1. The average Bonchev–Trinajstić information content (AvgIpc) is 3.49. The fraction of sp³-hybridized carbons (Fsp3) is 0.240. The number of rotatable bonds is 5. The summed E-state index contributed by atoms with van der Waals surface area (Å²) in [6.07, 6.45) is 4.69. The summed E-state index contributed by atoms with van der Waals surface area (Å²) < 4.78 is 21.7. The van der Waals surface area contributed by atoms with Crippen LogP contribution < -0.4 is 5.56 Å². The maximum Gasteiger partial charge on any atom is 0.302 e. The predicted octanol–water partition coefficient (Wildman–Crippen LogP) is 2.69. The molecule has 0 spiro atoms. The van der Waals surface area contributed by atoms with Gasteiger partial charge in [0.05, 0.1) is 24.7 Å². The van der Waals surface area contributed by atoms with Crippen LogP contribution in [0.25, 0.3) is 16.5 Å². The number of aromatic nitrogens is 4. The fourth-order valence-electron chi connectivity index (χ4n) is 4.21. The molecule has 188 valence electrons. The Morgan fingerprint density at radius 3 is 2.97 bits per heavy atom. The Morgan fingerprint density at radius 2 is 2.22 bits per heavy atom. The number of thiazole rings is 1. The van der Waals surface area contributed by atoms with E-state index in [0.717, 1.165) is 4.88 Å². The number of morpholine rings is 1. The van der Waals surface area contributed by atoms with Gasteiger partial charge in [0, 0.05) is 29.9 Å². The highest BCUT2D eigenvalue weighted by molar-refractivity contribution is 7.15. The largest absolute Gasteiger partial charge is 0.501 e. The Labute approximate surface area is 214 Å². The van der Waals surface area contributed by atoms with E-state index in [-0.39, 0.29) is 42.1 Å². The molecule has 4 heterocycles. The van der Waals surface area contributed by atoms with Crippen molar-refractivity contribution in [3.8, 4) is 22.5 Å². The molecule has 0 saturated carbocycles. The summed E-state index contributed by atoms with van der Waals surface area (Å²) in [5, 5.41) is 20.2. The van der Waals surface area contributed by atoms with Crippen molar-refractivity contribution in [2.75, 3.05) is 13.1 Å². The van der Waals surface area contributed by atoms with E-state index in [4.69, 9.17) is 4.74 Å². The topological polar surface area (TPSA) is 126 Å². The van der Waals surface area contributed by atoms with Crippen molar-refractivity contribution in [1.29, 1.82) is 5.26 Å². The first-order chi connectivity index (χ1) is 17.7. The molecule has 37 heavy (non-hydrogen) atoms. The lowest BCUT2D eigenvalue weighted by atomic mass is 10.1. The number of aromatic hydroxyl groups is 1. The molecule has 0 aliphatic carbocycles. The molecule has 5 rings (SSSR count). The van der Waals surface area contributed by atoms with Crippen molar-refractivity contribution in [1.82, 2.24) is 23.8 Å². The molecule has 1 fully saturated rings. The Morgan fingerprint density at radius 1 is 1.41 bits per heavy atom. The highest BCUT2D eigenvalue weighted by Gasteiger charge is 2.25. The third-order valence-corrected chi connectivity index (χ3v) is 6.91. The zero-order chi connectivity index (χ0) is 26.3. The molecule has 1 aliphatic heterocycles. The van der Waals surface area contributed by atoms with Gasteiger partial charge in [-0.3, -0.25) is 9.59 Å². The molecule has 1 atom stereocenters. The van der Waals surface area contributed by atoms with Gasteiger partial charge >= 0.3 is 5.56 Å². The van der Waals surface area contributed by atoms with E-state index in [1.54, 1.807) is 17.3 Å². The molecule has 0 radical (unpaired) electrons. The lowest BCUT2D eigenvalue weighted by Gasteiger charge is -2.33. The molecule has 3 aromatic heterocycles. The lowest BCUT2D eigenvalue weighted by molar-refractivity contribution is -0.135. The number of imidazole rings is 1. The molecular weight excluding hydrogens is 499 g/mol. The molecule has 1 amide bonds. The van der Waals surface area contributed by atoms with Gasteiger partial charge in [-0.1, -0.05) is 12.6 Å². The van der Waals surface area contributed by atoms with Crippen molar-refractivity contribution in [2.45, 2.75) is 26.0 Å². The first-order valence-corrected chi connectivity index (χ1v) is 12.1. The van der Waals surface area contributed by atoms with Gasteiger partial charge < -0.3 is 19.3 Å². The highest BCUT2D eigenvalue weighted by Crippen LogP contribution is 2.30. The van der Waals surface area contributed by atoms with Gasteiger partial charge in [0.2, 0.25) is 17.4 Å². The average molecular weight is 521 g/mol. The fourth-order valence-corrected chi connectivity index (χ4v) is 5.14. The number of benzene rings is 1. The predicted molar refractivity (Wildman–Crippen MR) is 132 cm³/mol. The third kappa shape index (κ3) is 4.68. The van der Waals surface area contributed by atoms with E-state index >= 15 is 0 Å². The van der Waals surface area contributed by atoms with Crippen LogP contribution in [0.3, 0.4) is 0 Å². The van der Waals surface area contributed by atoms with Gasteiger partial charge in [-0.25, -0.2) is 18.8 Å². The quantitative estimate of drug-likeness (QED) is 0.429. The minimum Gasteiger partial charge on any atom is -0.501 e. The lowest BCUT2D eigenvalue weighted by Crippen LogP contribution is -2.44. The van der Waals surface area contributed by atoms with Gasteiger partial charge in [-0.15, -0.1) is 11.3 Å². The number of ether oxygens (including phenoxy) is 1. The van der Waals surface area contributed by atoms with E-state index in [1.165, 1.54) is 44.7 Å². The Balaban J connectivity index is 1.45. The second-order valence-corrected chi connectivity index (χ2v) is 9.79. The zero-order valence-corrected chi connectivity index (χ0v) is 20.5. The Hall–Kier alpha value is -4.50. The van der Waals surface area contributed by atoms with Crippen molar-refractivity contribution in [2.24, 2.45) is 0 Å². The van der Waals surface area contributed by atoms with Crippen LogP contribution in [0, 0.1) is 17.1 Å². The standard InChI is InChI=1S/C25H21FN6O4S/c1-14-11-31(12-15(2)36-14)20(33)13-30-5-6-32-24(35)22(34)21(29-25(30)32)23-28-10-19(37-23)8-16-3-4-18(26)7-17(16)9-27/h3-7,10,15,34H,1,8,11-13H2,2H3/t15-/m0/s1. The van der Waals surface area contributed by atoms with Crippen LogP contribution in [-0.4, -0.2) is 54.0 Å². The maximum absolute atomic E-state index is 13.5. The summed E-state index contributed by atoms with van der Waals surface area (Å²) in [5.41, 5.74) is 0.138. The van der Waals surface area contributed by atoms with Crippen LogP contribution in [0.15, 0.2) is 53.9 Å². The molecular formula is C25H21FN6O4S. The number of nitriles is 1. The summed E-state index contributed by atoms with van der Waals surface area (Å²) in [5.74, 6) is -0.577. The van der Waals surface area contributed by atoms with E-state index in [9.17, 15) is 24.3 Å². The van der Waals surface area contributed by atoms with E-state index in [1.807, 2.05) is 13.0 Å². The molecule has 12 heteroatoms. The smallest absolute Gasteiger partial charge is 0.302 e. The maximum atomic E-state index is 13.5.